The smallest absolute Gasteiger partial charge is 0.417 e. The van der Waals surface area contributed by atoms with Crippen molar-refractivity contribution in [1.29, 1.82) is 0 Å². The van der Waals surface area contributed by atoms with Gasteiger partial charge >= 0.3 is 6.18 Å². The quantitative estimate of drug-likeness (QED) is 0.560. The number of carbonyl (C=O) groups is 1. The zero-order valence-corrected chi connectivity index (χ0v) is 16.0. The Balaban J connectivity index is 1.61. The van der Waals surface area contributed by atoms with Gasteiger partial charge in [0.1, 0.15) is 5.75 Å². The van der Waals surface area contributed by atoms with Crippen molar-refractivity contribution in [2.45, 2.75) is 19.0 Å². The van der Waals surface area contributed by atoms with Crippen LogP contribution in [-0.2, 0) is 17.4 Å². The van der Waals surface area contributed by atoms with Crippen molar-refractivity contribution in [2.24, 2.45) is 0 Å². The zero-order chi connectivity index (χ0) is 21.0. The van der Waals surface area contributed by atoms with Crippen LogP contribution in [0.15, 0.2) is 53.1 Å². The second-order valence-corrected chi connectivity index (χ2v) is 6.50. The Kier molecular flexibility index (Phi) is 6.12. The lowest BCUT2D eigenvalue weighted by Gasteiger charge is -2.11. The van der Waals surface area contributed by atoms with E-state index < -0.39 is 22.7 Å². The highest BCUT2D eigenvalue weighted by atomic mass is 35.5. The number of oxazole rings is 1. The fourth-order valence-corrected chi connectivity index (χ4v) is 2.82. The topological polar surface area (TPSA) is 64.4 Å². The molecule has 0 saturated carbocycles. The highest BCUT2D eigenvalue weighted by molar-refractivity contribution is 6.31. The van der Waals surface area contributed by atoms with E-state index in [0.29, 0.717) is 17.4 Å². The van der Waals surface area contributed by atoms with Crippen LogP contribution in [0.1, 0.15) is 17.9 Å². The molecule has 1 N–H and O–H groups in total. The predicted octanol–water partition coefficient (Wildman–Crippen LogP) is 5.59. The van der Waals surface area contributed by atoms with E-state index in [-0.39, 0.29) is 18.5 Å². The van der Waals surface area contributed by atoms with Gasteiger partial charge in [-0.3, -0.25) is 4.79 Å². The van der Waals surface area contributed by atoms with Crippen LogP contribution >= 0.6 is 11.6 Å². The average molecular weight is 425 g/mol. The van der Waals surface area contributed by atoms with Crippen molar-refractivity contribution in [3.63, 3.8) is 0 Å². The van der Waals surface area contributed by atoms with E-state index in [1.807, 2.05) is 12.1 Å². The van der Waals surface area contributed by atoms with E-state index in [9.17, 15) is 18.0 Å². The van der Waals surface area contributed by atoms with E-state index >= 15 is 0 Å². The van der Waals surface area contributed by atoms with Crippen LogP contribution in [0.3, 0.4) is 0 Å². The third kappa shape index (κ3) is 5.29. The van der Waals surface area contributed by atoms with E-state index in [1.54, 1.807) is 19.2 Å². The largest absolute Gasteiger partial charge is 0.497 e. The summed E-state index contributed by atoms with van der Waals surface area (Å²) in [5.41, 5.74) is -0.225. The van der Waals surface area contributed by atoms with Crippen molar-refractivity contribution in [2.75, 3.05) is 12.4 Å². The van der Waals surface area contributed by atoms with Crippen molar-refractivity contribution in [1.82, 2.24) is 4.98 Å². The van der Waals surface area contributed by atoms with Crippen molar-refractivity contribution in [3.8, 4) is 17.1 Å². The second kappa shape index (κ2) is 8.57. The summed E-state index contributed by atoms with van der Waals surface area (Å²) in [5, 5.41) is 1.99. The number of hydrogen-bond acceptors (Lipinski definition) is 4. The van der Waals surface area contributed by atoms with Gasteiger partial charge < -0.3 is 14.5 Å². The Morgan fingerprint density at radius 3 is 2.76 bits per heavy atom. The highest BCUT2D eigenvalue weighted by Crippen LogP contribution is 2.36. The lowest BCUT2D eigenvalue weighted by atomic mass is 10.2. The molecular formula is C20H16ClF3N2O3. The number of carbonyl (C=O) groups excluding carboxylic acids is 1. The Bertz CT molecular complexity index is 1020. The van der Waals surface area contributed by atoms with E-state index in [4.69, 9.17) is 20.8 Å². The van der Waals surface area contributed by atoms with Crippen molar-refractivity contribution >= 4 is 23.2 Å². The number of aryl methyl sites for hydroxylation is 1. The predicted molar refractivity (Wildman–Crippen MR) is 102 cm³/mol. The molecule has 0 aliphatic rings. The van der Waals surface area contributed by atoms with E-state index in [1.165, 1.54) is 12.3 Å². The Labute approximate surface area is 169 Å². The van der Waals surface area contributed by atoms with Gasteiger partial charge in [0, 0.05) is 24.1 Å². The number of ether oxygens (including phenoxy) is 1. The Hall–Kier alpha value is -3.00. The van der Waals surface area contributed by atoms with Gasteiger partial charge in [-0.1, -0.05) is 23.7 Å². The lowest BCUT2D eigenvalue weighted by molar-refractivity contribution is -0.137. The summed E-state index contributed by atoms with van der Waals surface area (Å²) < 4.78 is 49.5. The van der Waals surface area contributed by atoms with Crippen molar-refractivity contribution in [3.05, 3.63) is 65.1 Å². The van der Waals surface area contributed by atoms with Gasteiger partial charge in [-0.2, -0.15) is 13.2 Å². The average Bonchev–Trinajstić information content (AvgIpc) is 3.16. The van der Waals surface area contributed by atoms with Gasteiger partial charge in [-0.25, -0.2) is 4.98 Å². The molecule has 9 heteroatoms. The van der Waals surface area contributed by atoms with Crippen LogP contribution in [0.25, 0.3) is 11.3 Å². The van der Waals surface area contributed by atoms with Crippen LogP contribution in [-0.4, -0.2) is 18.0 Å². The van der Waals surface area contributed by atoms with Crippen LogP contribution in [0.4, 0.5) is 18.9 Å². The number of methoxy groups -OCH3 is 1. The molecular weight excluding hydrogens is 409 g/mol. The maximum absolute atomic E-state index is 12.9. The van der Waals surface area contributed by atoms with Crippen molar-refractivity contribution < 1.29 is 27.1 Å². The first-order chi connectivity index (χ1) is 13.8. The number of hydrogen-bond donors (Lipinski definition) is 1. The minimum absolute atomic E-state index is 0.0104. The standard InChI is InChI=1S/C20H16ClF3N2O3/c1-28-14-4-2-3-12(9-14)17-11-25-19(29-17)8-7-18(27)26-13-5-6-16(21)15(10-13)20(22,23)24/h2-6,9-11H,7-8H2,1H3,(H,26,27). The Morgan fingerprint density at radius 2 is 2.03 bits per heavy atom. The molecule has 5 nitrogen and oxygen atoms in total. The number of benzene rings is 2. The molecule has 0 aliphatic heterocycles. The molecule has 152 valence electrons. The molecule has 2 aromatic carbocycles. The Morgan fingerprint density at radius 1 is 1.24 bits per heavy atom. The van der Waals surface area contributed by atoms with Crippen LogP contribution in [0.5, 0.6) is 5.75 Å². The van der Waals surface area contributed by atoms with Crippen LogP contribution in [0.2, 0.25) is 5.02 Å². The molecule has 0 bridgehead atoms. The summed E-state index contributed by atoms with van der Waals surface area (Å²) in [4.78, 5) is 16.2. The first kappa shape index (κ1) is 20.7. The molecule has 0 unspecified atom stereocenters. The number of aromatic nitrogens is 1. The van der Waals surface area contributed by atoms with Gasteiger partial charge in [0.15, 0.2) is 11.7 Å². The minimum Gasteiger partial charge on any atom is -0.497 e. The fourth-order valence-electron chi connectivity index (χ4n) is 2.60. The minimum atomic E-state index is -4.60. The normalized spacial score (nSPS) is 11.3. The molecule has 1 amide bonds. The molecule has 0 fully saturated rings. The first-order valence-corrected chi connectivity index (χ1v) is 8.90. The second-order valence-electron chi connectivity index (χ2n) is 6.09. The summed E-state index contributed by atoms with van der Waals surface area (Å²) in [6.45, 7) is 0. The van der Waals surface area contributed by atoms with Gasteiger partial charge in [-0.05, 0) is 30.3 Å². The third-order valence-electron chi connectivity index (χ3n) is 4.03. The molecule has 0 atom stereocenters. The summed E-state index contributed by atoms with van der Waals surface area (Å²) >= 11 is 5.57. The summed E-state index contributed by atoms with van der Waals surface area (Å²) in [5.74, 6) is 1.06. The molecule has 0 spiro atoms. The SMILES string of the molecule is COc1cccc(-c2cnc(CCC(=O)Nc3ccc(Cl)c(C(F)(F)F)c3)o2)c1. The van der Waals surface area contributed by atoms with Crippen LogP contribution in [0, 0.1) is 0 Å². The summed E-state index contributed by atoms with van der Waals surface area (Å²) in [6.07, 6.45) is -2.89. The number of amides is 1. The molecule has 1 heterocycles. The summed E-state index contributed by atoms with van der Waals surface area (Å²) in [7, 11) is 1.56. The third-order valence-corrected chi connectivity index (χ3v) is 4.36. The number of halogens is 4. The number of nitrogens with one attached hydrogen (secondary N) is 1. The molecule has 29 heavy (non-hydrogen) atoms. The fraction of sp³-hybridized carbons (Fsp3) is 0.200. The lowest BCUT2D eigenvalue weighted by Crippen LogP contribution is -2.14. The van der Waals surface area contributed by atoms with E-state index in [2.05, 4.69) is 10.3 Å². The maximum atomic E-state index is 12.9. The molecule has 1 aromatic heterocycles. The molecule has 0 aliphatic carbocycles. The number of anilines is 1. The highest BCUT2D eigenvalue weighted by Gasteiger charge is 2.33. The molecule has 0 radical (unpaired) electrons. The number of nitrogens with zero attached hydrogens (tertiary/aromatic N) is 1. The van der Waals surface area contributed by atoms with Gasteiger partial charge in [0.05, 0.1) is 23.9 Å². The molecule has 0 saturated heterocycles. The first-order valence-electron chi connectivity index (χ1n) is 8.52. The van der Waals surface area contributed by atoms with Gasteiger partial charge in [0.25, 0.3) is 0 Å². The van der Waals surface area contributed by atoms with Gasteiger partial charge in [-0.15, -0.1) is 0 Å². The van der Waals surface area contributed by atoms with Gasteiger partial charge in [0.2, 0.25) is 5.91 Å². The molecule has 3 rings (SSSR count). The number of rotatable bonds is 6. The maximum Gasteiger partial charge on any atom is 0.417 e. The molecule has 3 aromatic rings. The number of alkyl halides is 3. The van der Waals surface area contributed by atoms with Crippen LogP contribution < -0.4 is 10.1 Å². The summed E-state index contributed by atoms with van der Waals surface area (Å²) in [6, 6.07) is 10.4. The monoisotopic (exact) mass is 424 g/mol. The van der Waals surface area contributed by atoms with E-state index in [0.717, 1.165) is 17.7 Å². The zero-order valence-electron chi connectivity index (χ0n) is 15.2.